The van der Waals surface area contributed by atoms with Gasteiger partial charge >= 0.3 is 5.91 Å². The second-order valence-corrected chi connectivity index (χ2v) is 10.6. The molecular weight excluding hydrogens is 532 g/mol. The Morgan fingerprint density at radius 2 is 1.98 bits per heavy atom. The summed E-state index contributed by atoms with van der Waals surface area (Å²) in [6.07, 6.45) is 0.670. The maximum atomic E-state index is 13.6. The molecule has 1 saturated heterocycles. The van der Waals surface area contributed by atoms with Crippen LogP contribution in [0.2, 0.25) is 0 Å². The quantitative estimate of drug-likeness (QED) is 0.185. The smallest absolute Gasteiger partial charge is 0.301 e. The molecule has 0 spiro atoms. The van der Waals surface area contributed by atoms with Crippen LogP contribution < -0.4 is 19.1 Å². The molecule has 0 unspecified atom stereocenters. The monoisotopic (exact) mass is 558 g/mol. The first-order valence-electron chi connectivity index (χ1n) is 12.8. The number of ether oxygens (including phenoxy) is 3. The van der Waals surface area contributed by atoms with E-state index in [1.54, 1.807) is 42.5 Å². The molecule has 4 aromatic rings. The van der Waals surface area contributed by atoms with Gasteiger partial charge in [0.2, 0.25) is 0 Å². The number of anilines is 1. The van der Waals surface area contributed by atoms with Crippen molar-refractivity contribution in [3.8, 4) is 23.0 Å². The SMILES string of the molecule is CCOc1ccc2nc(N3C(=O)C(=O)C(=C(O)c4ccc5c(c4)C[C@H](C)O5)[C@H]3c3ccc(O)c(OC)c3)sc2c1. The first-order valence-corrected chi connectivity index (χ1v) is 13.6. The Bertz CT molecular complexity index is 1710. The molecule has 1 fully saturated rings. The van der Waals surface area contributed by atoms with Gasteiger partial charge in [-0.25, -0.2) is 4.98 Å². The zero-order chi connectivity index (χ0) is 28.1. The van der Waals surface area contributed by atoms with Crippen LogP contribution in [0, 0.1) is 0 Å². The number of nitrogens with zero attached hydrogens (tertiary/aromatic N) is 2. The highest BCUT2D eigenvalue weighted by atomic mass is 32.1. The summed E-state index contributed by atoms with van der Waals surface area (Å²) in [4.78, 5) is 33.1. The van der Waals surface area contributed by atoms with Crippen molar-refractivity contribution in [2.75, 3.05) is 18.6 Å². The minimum atomic E-state index is -1.02. The van der Waals surface area contributed by atoms with Gasteiger partial charge in [-0.15, -0.1) is 0 Å². The topological polar surface area (TPSA) is 118 Å². The molecule has 0 aliphatic carbocycles. The van der Waals surface area contributed by atoms with Gasteiger partial charge in [0.05, 0.1) is 35.5 Å². The van der Waals surface area contributed by atoms with Crippen molar-refractivity contribution in [2.24, 2.45) is 0 Å². The first-order chi connectivity index (χ1) is 19.3. The third kappa shape index (κ3) is 4.21. The molecule has 0 radical (unpaired) electrons. The normalized spacial score (nSPS) is 19.6. The lowest BCUT2D eigenvalue weighted by Crippen LogP contribution is -2.29. The second kappa shape index (κ2) is 9.87. The molecule has 0 bridgehead atoms. The molecule has 2 N–H and O–H groups in total. The van der Waals surface area contributed by atoms with Crippen LogP contribution in [0.5, 0.6) is 23.0 Å². The number of phenolic OH excluding ortho intramolecular Hbond substituents is 1. The number of methoxy groups -OCH3 is 1. The summed E-state index contributed by atoms with van der Waals surface area (Å²) in [5.41, 5.74) is 2.32. The lowest BCUT2D eigenvalue weighted by molar-refractivity contribution is -0.132. The van der Waals surface area contributed by atoms with E-state index < -0.39 is 17.7 Å². The molecule has 2 atom stereocenters. The van der Waals surface area contributed by atoms with Gasteiger partial charge in [0.1, 0.15) is 23.4 Å². The number of benzene rings is 3. The second-order valence-electron chi connectivity index (χ2n) is 9.61. The molecule has 6 rings (SSSR count). The van der Waals surface area contributed by atoms with Crippen molar-refractivity contribution < 1.29 is 34.0 Å². The molecule has 3 heterocycles. The number of thiazole rings is 1. The predicted octanol–water partition coefficient (Wildman–Crippen LogP) is 5.36. The number of phenols is 1. The number of carbonyl (C=O) groups excluding carboxylic acids is 2. The third-order valence-corrected chi connectivity index (χ3v) is 8.02. The summed E-state index contributed by atoms with van der Waals surface area (Å²) in [6, 6.07) is 14.2. The van der Waals surface area contributed by atoms with E-state index in [0.717, 1.165) is 16.0 Å². The highest BCUT2D eigenvalue weighted by Gasteiger charge is 2.48. The fourth-order valence-corrected chi connectivity index (χ4v) is 6.21. The number of hydrogen-bond donors (Lipinski definition) is 2. The maximum Gasteiger partial charge on any atom is 0.301 e. The summed E-state index contributed by atoms with van der Waals surface area (Å²) in [5.74, 6) is -0.501. The van der Waals surface area contributed by atoms with Crippen LogP contribution in [0.3, 0.4) is 0 Å². The molecule has 0 saturated carbocycles. The van der Waals surface area contributed by atoms with Crippen LogP contribution in [0.4, 0.5) is 5.13 Å². The molecule has 10 heteroatoms. The number of Topliss-reactive ketones (excluding diaryl/α,β-unsaturated/α-hetero) is 1. The van der Waals surface area contributed by atoms with E-state index in [1.807, 2.05) is 19.9 Å². The van der Waals surface area contributed by atoms with Gasteiger partial charge in [-0.05, 0) is 73.5 Å². The van der Waals surface area contributed by atoms with Crippen LogP contribution in [0.15, 0.2) is 60.2 Å². The molecule has 1 amide bonds. The van der Waals surface area contributed by atoms with Gasteiger partial charge < -0.3 is 24.4 Å². The number of aromatic hydroxyl groups is 1. The van der Waals surface area contributed by atoms with E-state index in [0.29, 0.717) is 35.4 Å². The Hall–Kier alpha value is -4.57. The van der Waals surface area contributed by atoms with E-state index >= 15 is 0 Å². The Balaban J connectivity index is 1.53. The number of aromatic nitrogens is 1. The first kappa shape index (κ1) is 25.7. The molecule has 9 nitrogen and oxygen atoms in total. The van der Waals surface area contributed by atoms with Crippen molar-refractivity contribution >= 4 is 44.1 Å². The van der Waals surface area contributed by atoms with Crippen molar-refractivity contribution in [3.05, 3.63) is 76.9 Å². The number of fused-ring (bicyclic) bond motifs is 2. The minimum absolute atomic E-state index is 0.00437. The van der Waals surface area contributed by atoms with Crippen molar-refractivity contribution in [3.63, 3.8) is 0 Å². The molecule has 2 aliphatic rings. The summed E-state index contributed by atoms with van der Waals surface area (Å²) in [5, 5.41) is 22.1. The number of carbonyl (C=O) groups is 2. The Morgan fingerprint density at radius 1 is 1.15 bits per heavy atom. The van der Waals surface area contributed by atoms with Gasteiger partial charge in [0, 0.05) is 12.0 Å². The van der Waals surface area contributed by atoms with Crippen molar-refractivity contribution in [1.82, 2.24) is 4.98 Å². The van der Waals surface area contributed by atoms with Gasteiger partial charge in [-0.3, -0.25) is 14.5 Å². The van der Waals surface area contributed by atoms with E-state index in [-0.39, 0.29) is 34.1 Å². The number of aliphatic hydroxyl groups is 1. The lowest BCUT2D eigenvalue weighted by atomic mass is 9.94. The van der Waals surface area contributed by atoms with Crippen molar-refractivity contribution in [1.29, 1.82) is 0 Å². The van der Waals surface area contributed by atoms with Crippen LogP contribution >= 0.6 is 11.3 Å². The van der Waals surface area contributed by atoms with E-state index in [2.05, 4.69) is 4.98 Å². The summed E-state index contributed by atoms with van der Waals surface area (Å²) >= 11 is 1.24. The fraction of sp³-hybridized carbons (Fsp3) is 0.233. The van der Waals surface area contributed by atoms with Gasteiger partial charge in [0.15, 0.2) is 16.6 Å². The lowest BCUT2D eigenvalue weighted by Gasteiger charge is -2.23. The van der Waals surface area contributed by atoms with Crippen LogP contribution in [-0.2, 0) is 16.0 Å². The summed E-state index contributed by atoms with van der Waals surface area (Å²) < 4.78 is 17.5. The average molecular weight is 559 g/mol. The minimum Gasteiger partial charge on any atom is -0.507 e. The molecule has 204 valence electrons. The molecule has 1 aromatic heterocycles. The number of hydrogen-bond acceptors (Lipinski definition) is 9. The number of aliphatic hydroxyl groups excluding tert-OH is 1. The zero-order valence-corrected chi connectivity index (χ0v) is 22.8. The standard InChI is InChI=1S/C30H26N2O7S/c1-4-38-19-7-8-20-24(14-19)40-30(31-20)32-26(16-5-9-21(33)23(13-16)37-3)25(28(35)29(32)36)27(34)17-6-10-22-18(12-17)11-15(2)39-22/h5-10,12-15,26,33-34H,4,11H2,1-3H3/t15-,26+/m0/s1. The van der Waals surface area contributed by atoms with Crippen LogP contribution in [-0.4, -0.2) is 46.7 Å². The highest BCUT2D eigenvalue weighted by molar-refractivity contribution is 7.22. The number of ketones is 1. The average Bonchev–Trinajstić information content (AvgIpc) is 3.60. The largest absolute Gasteiger partial charge is 0.507 e. The molecular formula is C30H26N2O7S. The Labute approximate surface area is 233 Å². The van der Waals surface area contributed by atoms with Crippen molar-refractivity contribution in [2.45, 2.75) is 32.4 Å². The molecule has 40 heavy (non-hydrogen) atoms. The maximum absolute atomic E-state index is 13.6. The summed E-state index contributed by atoms with van der Waals surface area (Å²) in [7, 11) is 1.41. The molecule has 2 aliphatic heterocycles. The fourth-order valence-electron chi connectivity index (χ4n) is 5.19. The predicted molar refractivity (Wildman–Crippen MR) is 150 cm³/mol. The van der Waals surface area contributed by atoms with Crippen LogP contribution in [0.25, 0.3) is 16.0 Å². The highest BCUT2D eigenvalue weighted by Crippen LogP contribution is 2.46. The van der Waals surface area contributed by atoms with Crippen LogP contribution in [0.1, 0.15) is 36.6 Å². The molecule has 3 aromatic carbocycles. The third-order valence-electron chi connectivity index (χ3n) is 7.00. The summed E-state index contributed by atoms with van der Waals surface area (Å²) in [6.45, 7) is 4.35. The number of rotatable bonds is 6. The number of amides is 1. The van der Waals surface area contributed by atoms with E-state index in [1.165, 1.54) is 29.4 Å². The van der Waals surface area contributed by atoms with Gasteiger partial charge in [0.25, 0.3) is 5.78 Å². The van der Waals surface area contributed by atoms with Gasteiger partial charge in [-0.1, -0.05) is 17.4 Å². The Morgan fingerprint density at radius 3 is 2.75 bits per heavy atom. The van der Waals surface area contributed by atoms with Gasteiger partial charge in [-0.2, -0.15) is 0 Å². The zero-order valence-electron chi connectivity index (χ0n) is 22.0. The Kier molecular flexibility index (Phi) is 6.34. The van der Waals surface area contributed by atoms with E-state index in [9.17, 15) is 19.8 Å². The van der Waals surface area contributed by atoms with E-state index in [4.69, 9.17) is 14.2 Å².